The molecule has 0 unspecified atom stereocenters. The maximum Gasteiger partial charge on any atom is 0.220 e. The van der Waals surface area contributed by atoms with Crippen LogP contribution in [0.25, 0.3) is 0 Å². The zero-order chi connectivity index (χ0) is 17.4. The lowest BCUT2D eigenvalue weighted by Crippen LogP contribution is -2.25. The largest absolute Gasteiger partial charge is 0.504 e. The van der Waals surface area contributed by atoms with Gasteiger partial charge >= 0.3 is 0 Å². The molecule has 0 spiro atoms. The van der Waals surface area contributed by atoms with Gasteiger partial charge in [-0.3, -0.25) is 4.79 Å². The van der Waals surface area contributed by atoms with Crippen LogP contribution in [0.2, 0.25) is 0 Å². The summed E-state index contributed by atoms with van der Waals surface area (Å²) in [6.07, 6.45) is 1.37. The first-order valence-electron chi connectivity index (χ1n) is 7.70. The van der Waals surface area contributed by atoms with Crippen LogP contribution in [-0.4, -0.2) is 29.3 Å². The van der Waals surface area contributed by atoms with E-state index >= 15 is 0 Å². The first kappa shape index (κ1) is 17.6. The molecular formula is C18H20FNO4. The van der Waals surface area contributed by atoms with E-state index in [4.69, 9.17) is 4.74 Å². The molecule has 0 saturated heterocycles. The fourth-order valence-electron chi connectivity index (χ4n) is 2.12. The van der Waals surface area contributed by atoms with E-state index in [2.05, 4.69) is 5.32 Å². The molecular weight excluding hydrogens is 313 g/mol. The summed E-state index contributed by atoms with van der Waals surface area (Å²) < 4.78 is 18.3. The molecule has 0 aliphatic carbocycles. The highest BCUT2D eigenvalue weighted by Gasteiger charge is 2.05. The zero-order valence-electron chi connectivity index (χ0n) is 13.2. The molecule has 2 aromatic carbocycles. The highest BCUT2D eigenvalue weighted by atomic mass is 19.1. The van der Waals surface area contributed by atoms with Crippen molar-refractivity contribution in [2.75, 3.05) is 13.2 Å². The number of benzene rings is 2. The van der Waals surface area contributed by atoms with Gasteiger partial charge in [0.15, 0.2) is 11.5 Å². The molecule has 5 nitrogen and oxygen atoms in total. The third-order valence-corrected chi connectivity index (χ3v) is 3.39. The van der Waals surface area contributed by atoms with E-state index in [1.807, 2.05) is 0 Å². The van der Waals surface area contributed by atoms with Crippen molar-refractivity contribution in [3.8, 4) is 17.2 Å². The van der Waals surface area contributed by atoms with Crippen LogP contribution in [0.1, 0.15) is 18.4 Å². The molecule has 2 rings (SSSR count). The monoisotopic (exact) mass is 333 g/mol. The fourth-order valence-corrected chi connectivity index (χ4v) is 2.12. The van der Waals surface area contributed by atoms with Gasteiger partial charge in [0.25, 0.3) is 0 Å². The molecule has 0 aromatic heterocycles. The smallest absolute Gasteiger partial charge is 0.220 e. The number of aromatic hydroxyl groups is 2. The summed E-state index contributed by atoms with van der Waals surface area (Å²) in [5.41, 5.74) is 0.773. The molecule has 3 N–H and O–H groups in total. The van der Waals surface area contributed by atoms with E-state index in [1.54, 1.807) is 18.2 Å². The molecule has 128 valence electrons. The molecule has 6 heteroatoms. The number of aryl methyl sites for hydroxylation is 1. The Morgan fingerprint density at radius 1 is 1.12 bits per heavy atom. The fraction of sp³-hybridized carbons (Fsp3) is 0.278. The minimum atomic E-state index is -0.346. The molecule has 24 heavy (non-hydrogen) atoms. The Bertz CT molecular complexity index is 690. The lowest BCUT2D eigenvalue weighted by molar-refractivity contribution is -0.121. The van der Waals surface area contributed by atoms with Gasteiger partial charge in [-0.1, -0.05) is 12.1 Å². The van der Waals surface area contributed by atoms with Crippen LogP contribution in [0.5, 0.6) is 17.2 Å². The van der Waals surface area contributed by atoms with Crippen LogP contribution in [-0.2, 0) is 11.2 Å². The minimum Gasteiger partial charge on any atom is -0.504 e. The second-order valence-electron chi connectivity index (χ2n) is 5.33. The van der Waals surface area contributed by atoms with Crippen molar-refractivity contribution >= 4 is 5.91 Å². The number of carbonyl (C=O) groups excluding carboxylic acids is 1. The number of amides is 1. The predicted molar refractivity (Wildman–Crippen MR) is 87.6 cm³/mol. The molecule has 0 aliphatic heterocycles. The highest BCUT2D eigenvalue weighted by molar-refractivity contribution is 5.76. The van der Waals surface area contributed by atoms with Gasteiger partial charge in [0.05, 0.1) is 6.61 Å². The number of ether oxygens (including phenoxy) is 1. The number of hydrogen-bond donors (Lipinski definition) is 3. The van der Waals surface area contributed by atoms with Crippen molar-refractivity contribution in [3.63, 3.8) is 0 Å². The summed E-state index contributed by atoms with van der Waals surface area (Å²) in [7, 11) is 0. The number of nitrogens with one attached hydrogen (secondary N) is 1. The second-order valence-corrected chi connectivity index (χ2v) is 5.33. The topological polar surface area (TPSA) is 78.8 Å². The summed E-state index contributed by atoms with van der Waals surface area (Å²) in [5.74, 6) is -0.355. The van der Waals surface area contributed by atoms with Crippen molar-refractivity contribution in [1.82, 2.24) is 5.32 Å². The number of phenolic OH excluding ortho intramolecular Hbond substituents is 2. The van der Waals surface area contributed by atoms with Crippen molar-refractivity contribution < 1.29 is 24.1 Å². The van der Waals surface area contributed by atoms with Crippen molar-refractivity contribution in [2.45, 2.75) is 19.3 Å². The van der Waals surface area contributed by atoms with Crippen molar-refractivity contribution in [1.29, 1.82) is 0 Å². The normalized spacial score (nSPS) is 10.4. The first-order valence-corrected chi connectivity index (χ1v) is 7.70. The maximum absolute atomic E-state index is 13.0. The van der Waals surface area contributed by atoms with E-state index in [1.165, 1.54) is 24.3 Å². The van der Waals surface area contributed by atoms with Crippen LogP contribution < -0.4 is 10.1 Å². The van der Waals surface area contributed by atoms with Gasteiger partial charge in [0, 0.05) is 19.0 Å². The van der Waals surface area contributed by atoms with Crippen LogP contribution >= 0.6 is 0 Å². The van der Waals surface area contributed by atoms with Crippen LogP contribution in [0, 0.1) is 5.82 Å². The summed E-state index contributed by atoms with van der Waals surface area (Å²) in [6.45, 7) is 0.852. The molecule has 0 heterocycles. The predicted octanol–water partition coefficient (Wildman–Crippen LogP) is 2.75. The average Bonchev–Trinajstić information content (AvgIpc) is 2.56. The van der Waals surface area contributed by atoms with Crippen LogP contribution in [0.3, 0.4) is 0 Å². The van der Waals surface area contributed by atoms with Crippen LogP contribution in [0.15, 0.2) is 42.5 Å². The number of halogens is 1. The molecule has 0 fully saturated rings. The minimum absolute atomic E-state index is 0.103. The lowest BCUT2D eigenvalue weighted by Gasteiger charge is -2.08. The van der Waals surface area contributed by atoms with Crippen molar-refractivity contribution in [3.05, 3.63) is 53.8 Å². The first-order chi connectivity index (χ1) is 11.5. The Morgan fingerprint density at radius 3 is 2.71 bits per heavy atom. The Balaban J connectivity index is 1.60. The van der Waals surface area contributed by atoms with E-state index in [-0.39, 0.29) is 29.6 Å². The maximum atomic E-state index is 13.0. The van der Waals surface area contributed by atoms with E-state index in [9.17, 15) is 19.4 Å². The van der Waals surface area contributed by atoms with Gasteiger partial charge in [-0.25, -0.2) is 4.39 Å². The molecule has 0 radical (unpaired) electrons. The third-order valence-electron chi connectivity index (χ3n) is 3.39. The van der Waals surface area contributed by atoms with E-state index in [0.717, 1.165) is 5.56 Å². The quantitative estimate of drug-likeness (QED) is 0.513. The Hall–Kier alpha value is -2.76. The van der Waals surface area contributed by atoms with Gasteiger partial charge in [0.1, 0.15) is 11.6 Å². The Labute approximate surface area is 139 Å². The van der Waals surface area contributed by atoms with Gasteiger partial charge in [-0.2, -0.15) is 0 Å². The molecule has 0 atom stereocenters. The average molecular weight is 333 g/mol. The van der Waals surface area contributed by atoms with Crippen molar-refractivity contribution in [2.24, 2.45) is 0 Å². The highest BCUT2D eigenvalue weighted by Crippen LogP contribution is 2.25. The van der Waals surface area contributed by atoms with Gasteiger partial charge in [0.2, 0.25) is 5.91 Å². The summed E-state index contributed by atoms with van der Waals surface area (Å²) in [6, 6.07) is 10.4. The number of hydrogen-bond acceptors (Lipinski definition) is 4. The lowest BCUT2D eigenvalue weighted by atomic mass is 10.1. The molecule has 0 aliphatic rings. The zero-order valence-corrected chi connectivity index (χ0v) is 13.2. The summed E-state index contributed by atoms with van der Waals surface area (Å²) in [4.78, 5) is 11.7. The van der Waals surface area contributed by atoms with E-state index in [0.29, 0.717) is 31.7 Å². The van der Waals surface area contributed by atoms with Crippen LogP contribution in [0.4, 0.5) is 4.39 Å². The SMILES string of the molecule is O=C(CCc1ccc(O)c(O)c1)NCCCOc1cccc(F)c1. The second kappa shape index (κ2) is 8.76. The van der Waals surface area contributed by atoms with Gasteiger partial charge < -0.3 is 20.3 Å². The van der Waals surface area contributed by atoms with Gasteiger partial charge in [-0.15, -0.1) is 0 Å². The standard InChI is InChI=1S/C18H20FNO4/c19-14-3-1-4-15(12-14)24-10-2-9-20-18(23)8-6-13-5-7-16(21)17(22)11-13/h1,3-5,7,11-12,21-22H,2,6,8-10H2,(H,20,23). The van der Waals surface area contributed by atoms with Gasteiger partial charge in [-0.05, 0) is 42.7 Å². The molecule has 2 aromatic rings. The molecule has 0 saturated carbocycles. The molecule has 1 amide bonds. The Kier molecular flexibility index (Phi) is 6.42. The number of rotatable bonds is 8. The van der Waals surface area contributed by atoms with E-state index < -0.39 is 0 Å². The summed E-state index contributed by atoms with van der Waals surface area (Å²) >= 11 is 0. The number of phenols is 2. The Morgan fingerprint density at radius 2 is 1.96 bits per heavy atom. The molecule has 0 bridgehead atoms. The third kappa shape index (κ3) is 5.79. The number of carbonyl (C=O) groups is 1. The summed E-state index contributed by atoms with van der Waals surface area (Å²) in [5, 5.41) is 21.4.